The van der Waals surface area contributed by atoms with Gasteiger partial charge in [-0.05, 0) is 18.8 Å². The minimum absolute atomic E-state index is 1.03. The van der Waals surface area contributed by atoms with E-state index in [4.69, 9.17) is 0 Å². The molecule has 1 aliphatic carbocycles. The lowest BCUT2D eigenvalue weighted by Crippen LogP contribution is -2.23. The Morgan fingerprint density at radius 2 is 2.07 bits per heavy atom. The van der Waals surface area contributed by atoms with Gasteiger partial charge in [0.2, 0.25) is 6.33 Å². The molecule has 1 fully saturated rings. The van der Waals surface area contributed by atoms with E-state index in [1.54, 1.807) is 0 Å². The molecule has 1 aromatic heterocycles. The van der Waals surface area contributed by atoms with E-state index in [2.05, 4.69) is 34.9 Å². The van der Waals surface area contributed by atoms with Gasteiger partial charge in [0.25, 0.3) is 0 Å². The smallest absolute Gasteiger partial charge is 0.240 e. The molecule has 2 nitrogen and oxygen atoms in total. The van der Waals surface area contributed by atoms with E-state index in [1.807, 2.05) is 0 Å². The highest BCUT2D eigenvalue weighted by Gasteiger charge is 2.13. The number of hydrogen-bond acceptors (Lipinski definition) is 0. The van der Waals surface area contributed by atoms with Crippen LogP contribution in [0.3, 0.4) is 0 Å². The van der Waals surface area contributed by atoms with Crippen LogP contribution >= 0.6 is 0 Å². The first kappa shape index (κ1) is 10.7. The summed E-state index contributed by atoms with van der Waals surface area (Å²) in [5.74, 6) is 1.03. The number of aromatic nitrogens is 2. The number of rotatable bonds is 4. The Hall–Kier alpha value is -0.790. The topological polar surface area (TPSA) is 8.81 Å². The van der Waals surface area contributed by atoms with Gasteiger partial charge in [-0.15, -0.1) is 0 Å². The van der Waals surface area contributed by atoms with E-state index in [1.165, 1.54) is 51.5 Å². The van der Waals surface area contributed by atoms with Crippen LogP contribution in [0, 0.1) is 5.92 Å². The fourth-order valence-corrected chi connectivity index (χ4v) is 2.67. The Morgan fingerprint density at radius 1 is 1.27 bits per heavy atom. The molecule has 0 saturated heterocycles. The summed E-state index contributed by atoms with van der Waals surface area (Å²) in [6.45, 7) is 1.19. The van der Waals surface area contributed by atoms with Crippen molar-refractivity contribution in [1.29, 1.82) is 0 Å². The Kier molecular flexibility index (Phi) is 3.81. The van der Waals surface area contributed by atoms with Crippen molar-refractivity contribution in [2.24, 2.45) is 13.0 Å². The van der Waals surface area contributed by atoms with Gasteiger partial charge < -0.3 is 0 Å². The van der Waals surface area contributed by atoms with E-state index in [0.717, 1.165) is 5.92 Å². The van der Waals surface area contributed by atoms with Crippen molar-refractivity contribution in [3.05, 3.63) is 18.7 Å². The van der Waals surface area contributed by atoms with E-state index < -0.39 is 0 Å². The van der Waals surface area contributed by atoms with Crippen LogP contribution in [-0.2, 0) is 13.6 Å². The van der Waals surface area contributed by atoms with Crippen molar-refractivity contribution in [2.75, 3.05) is 0 Å². The van der Waals surface area contributed by atoms with Crippen LogP contribution in [0.5, 0.6) is 0 Å². The average Bonchev–Trinajstić information content (AvgIpc) is 2.66. The quantitative estimate of drug-likeness (QED) is 0.671. The molecule has 2 rings (SSSR count). The van der Waals surface area contributed by atoms with Crippen LogP contribution in [0.1, 0.15) is 44.9 Å². The largest absolute Gasteiger partial charge is 0.243 e. The van der Waals surface area contributed by atoms with Crippen LogP contribution in [0.2, 0.25) is 0 Å². The molecule has 0 amide bonds. The van der Waals surface area contributed by atoms with Gasteiger partial charge in [-0.2, -0.15) is 0 Å². The molecule has 0 atom stereocenters. The zero-order valence-electron chi connectivity index (χ0n) is 9.86. The van der Waals surface area contributed by atoms with Gasteiger partial charge in [0.15, 0.2) is 0 Å². The molecule has 15 heavy (non-hydrogen) atoms. The molecular weight excluding hydrogens is 184 g/mol. The maximum Gasteiger partial charge on any atom is 0.243 e. The van der Waals surface area contributed by atoms with E-state index in [9.17, 15) is 0 Å². The number of hydrogen-bond donors (Lipinski definition) is 0. The first-order valence-electron chi connectivity index (χ1n) is 6.35. The number of nitrogens with zero attached hydrogens (tertiary/aromatic N) is 2. The second-order valence-corrected chi connectivity index (χ2v) is 4.96. The lowest BCUT2D eigenvalue weighted by atomic mass is 9.86. The molecule has 0 unspecified atom stereocenters. The molecule has 2 heteroatoms. The van der Waals surface area contributed by atoms with Gasteiger partial charge in [0.1, 0.15) is 12.4 Å². The third kappa shape index (κ3) is 3.37. The fraction of sp³-hybridized carbons (Fsp3) is 0.769. The summed E-state index contributed by atoms with van der Waals surface area (Å²) < 4.78 is 4.41. The average molecular weight is 207 g/mol. The van der Waals surface area contributed by atoms with Crippen LogP contribution in [0.15, 0.2) is 18.7 Å². The summed E-state index contributed by atoms with van der Waals surface area (Å²) in [5, 5.41) is 0. The highest BCUT2D eigenvalue weighted by atomic mass is 15.1. The molecule has 0 aromatic carbocycles. The van der Waals surface area contributed by atoms with Crippen molar-refractivity contribution >= 4 is 0 Å². The third-order valence-corrected chi connectivity index (χ3v) is 3.58. The first-order chi connectivity index (χ1) is 7.34. The SMILES string of the molecule is C[n+]1ccn(CCCC2CCCCC2)c1. The predicted molar refractivity (Wildman–Crippen MR) is 61.4 cm³/mol. The molecule has 1 saturated carbocycles. The standard InChI is InChI=1S/C13H23N2/c1-14-10-11-15(12-14)9-5-8-13-6-3-2-4-7-13/h10-13H,2-9H2,1H3/q+1. The van der Waals surface area contributed by atoms with E-state index >= 15 is 0 Å². The lowest BCUT2D eigenvalue weighted by molar-refractivity contribution is -0.671. The third-order valence-electron chi connectivity index (χ3n) is 3.58. The fourth-order valence-electron chi connectivity index (χ4n) is 2.67. The second kappa shape index (κ2) is 5.34. The summed E-state index contributed by atoms with van der Waals surface area (Å²) in [7, 11) is 2.08. The van der Waals surface area contributed by atoms with E-state index in [0.29, 0.717) is 0 Å². The molecule has 0 aliphatic heterocycles. The molecule has 84 valence electrons. The van der Waals surface area contributed by atoms with E-state index in [-0.39, 0.29) is 0 Å². The van der Waals surface area contributed by atoms with Crippen LogP contribution in [-0.4, -0.2) is 4.57 Å². The van der Waals surface area contributed by atoms with Gasteiger partial charge >= 0.3 is 0 Å². The van der Waals surface area contributed by atoms with Gasteiger partial charge in [-0.1, -0.05) is 32.1 Å². The summed E-state index contributed by atoms with van der Waals surface area (Å²) >= 11 is 0. The molecule has 0 radical (unpaired) electrons. The number of imidazole rings is 1. The Balaban J connectivity index is 1.65. The van der Waals surface area contributed by atoms with Crippen LogP contribution < -0.4 is 4.57 Å². The zero-order chi connectivity index (χ0) is 10.5. The summed E-state index contributed by atoms with van der Waals surface area (Å²) in [5.41, 5.74) is 0. The molecule has 0 spiro atoms. The lowest BCUT2D eigenvalue weighted by Gasteiger charge is -2.20. The molecule has 0 N–H and O–H groups in total. The minimum atomic E-state index is 1.03. The summed E-state index contributed by atoms with van der Waals surface area (Å²) in [6, 6.07) is 0. The van der Waals surface area contributed by atoms with Gasteiger partial charge in [0, 0.05) is 0 Å². The van der Waals surface area contributed by atoms with Crippen LogP contribution in [0.25, 0.3) is 0 Å². The second-order valence-electron chi connectivity index (χ2n) is 4.96. The summed E-state index contributed by atoms with van der Waals surface area (Å²) in [6.07, 6.45) is 16.6. The van der Waals surface area contributed by atoms with Crippen LogP contribution in [0.4, 0.5) is 0 Å². The normalized spacial score (nSPS) is 18.2. The Bertz CT molecular complexity index is 284. The maximum atomic E-state index is 2.29. The Labute approximate surface area is 92.9 Å². The van der Waals surface area contributed by atoms with Gasteiger partial charge in [-0.3, -0.25) is 0 Å². The zero-order valence-corrected chi connectivity index (χ0v) is 9.86. The highest BCUT2D eigenvalue weighted by Crippen LogP contribution is 2.27. The monoisotopic (exact) mass is 207 g/mol. The van der Waals surface area contributed by atoms with Crippen molar-refractivity contribution < 1.29 is 4.57 Å². The molecule has 1 aliphatic rings. The molecule has 1 aromatic rings. The Morgan fingerprint density at radius 3 is 2.73 bits per heavy atom. The highest BCUT2D eigenvalue weighted by molar-refractivity contribution is 4.68. The summed E-state index contributed by atoms with van der Waals surface area (Å²) in [4.78, 5) is 0. The maximum absolute atomic E-state index is 2.29. The molecular formula is C13H23N2+. The molecule has 0 bridgehead atoms. The van der Waals surface area contributed by atoms with Crippen molar-refractivity contribution in [1.82, 2.24) is 4.57 Å². The minimum Gasteiger partial charge on any atom is -0.240 e. The number of aryl methyl sites for hydroxylation is 2. The van der Waals surface area contributed by atoms with Gasteiger partial charge in [-0.25, -0.2) is 9.13 Å². The first-order valence-corrected chi connectivity index (χ1v) is 6.35. The predicted octanol–water partition coefficient (Wildman–Crippen LogP) is 2.67. The van der Waals surface area contributed by atoms with Crippen molar-refractivity contribution in [2.45, 2.75) is 51.5 Å². The van der Waals surface area contributed by atoms with Crippen molar-refractivity contribution in [3.8, 4) is 0 Å². The molecule has 1 heterocycles. The van der Waals surface area contributed by atoms with Crippen molar-refractivity contribution in [3.63, 3.8) is 0 Å². The van der Waals surface area contributed by atoms with Gasteiger partial charge in [0.05, 0.1) is 13.6 Å².